The Bertz CT molecular complexity index is 288. The van der Waals surface area contributed by atoms with Gasteiger partial charge in [0.25, 0.3) is 7.52 Å². The number of nitrogens with two attached hydrogens (primary N) is 1. The second-order valence-corrected chi connectivity index (χ2v) is 4.22. The van der Waals surface area contributed by atoms with E-state index in [1.54, 1.807) is 24.3 Å². The minimum absolute atomic E-state index is 0.295. The number of aryl methyl sites for hydroxylation is 1. The highest BCUT2D eigenvalue weighted by molar-refractivity contribution is 7.63. The number of benzene rings is 1. The van der Waals surface area contributed by atoms with E-state index in [0.29, 0.717) is 5.30 Å². The van der Waals surface area contributed by atoms with Crippen LogP contribution in [0.25, 0.3) is 0 Å². The van der Waals surface area contributed by atoms with Gasteiger partial charge in [-0.05, 0) is 19.1 Å². The predicted octanol–water partition coefficient (Wildman–Crippen LogP) is 0.764. The molecule has 1 unspecified atom stereocenters. The molecule has 1 atom stereocenters. The Morgan fingerprint density at radius 3 is 2.18 bits per heavy atom. The normalized spacial score (nSPS) is 15.9. The largest absolute Gasteiger partial charge is 0.330 e. The lowest BCUT2D eigenvalue weighted by Gasteiger charge is -2.03. The fourth-order valence-electron chi connectivity index (χ4n) is 0.758. The van der Waals surface area contributed by atoms with Crippen molar-refractivity contribution in [2.24, 2.45) is 5.50 Å². The minimum Gasteiger partial charge on any atom is -0.330 e. The summed E-state index contributed by atoms with van der Waals surface area (Å²) in [6, 6.07) is 6.64. The Morgan fingerprint density at radius 1 is 1.36 bits per heavy atom. The average Bonchev–Trinajstić information content (AvgIpc) is 1.86. The first-order valence-corrected chi connectivity index (χ1v) is 4.91. The van der Waals surface area contributed by atoms with Gasteiger partial charge < -0.3 is 4.89 Å². The molecule has 0 bridgehead atoms. The van der Waals surface area contributed by atoms with Crippen LogP contribution in [0, 0.1) is 6.92 Å². The smallest absolute Gasteiger partial charge is 0.294 e. The van der Waals surface area contributed by atoms with E-state index in [0.717, 1.165) is 5.56 Å². The molecule has 11 heavy (non-hydrogen) atoms. The van der Waals surface area contributed by atoms with Crippen molar-refractivity contribution in [1.82, 2.24) is 0 Å². The molecule has 0 spiro atoms. The van der Waals surface area contributed by atoms with Crippen molar-refractivity contribution >= 4 is 12.8 Å². The van der Waals surface area contributed by atoms with E-state index in [4.69, 9.17) is 10.4 Å². The van der Waals surface area contributed by atoms with Crippen molar-refractivity contribution < 1.29 is 9.46 Å². The van der Waals surface area contributed by atoms with E-state index in [1.165, 1.54) is 0 Å². The van der Waals surface area contributed by atoms with Gasteiger partial charge >= 0.3 is 0 Å². The van der Waals surface area contributed by atoms with E-state index in [2.05, 4.69) is 0 Å². The van der Waals surface area contributed by atoms with E-state index in [-0.39, 0.29) is 0 Å². The molecule has 0 saturated heterocycles. The fraction of sp³-hybridized carbons (Fsp3) is 0.143. The summed E-state index contributed by atoms with van der Waals surface area (Å²) < 4.78 is 10.9. The molecule has 1 aromatic rings. The molecule has 0 aromatic heterocycles. The van der Waals surface area contributed by atoms with Gasteiger partial charge in [0.2, 0.25) is 0 Å². The monoisotopic (exact) mass is 171 g/mol. The van der Waals surface area contributed by atoms with Crippen molar-refractivity contribution in [3.05, 3.63) is 29.8 Å². The summed E-state index contributed by atoms with van der Waals surface area (Å²) in [5.41, 5.74) is 6.06. The Hall–Kier alpha value is -0.630. The van der Waals surface area contributed by atoms with Gasteiger partial charge in [0.05, 0.1) is 5.30 Å². The van der Waals surface area contributed by atoms with Gasteiger partial charge in [0, 0.05) is 0 Å². The van der Waals surface area contributed by atoms with E-state index in [9.17, 15) is 4.57 Å². The molecule has 0 amide bonds. The molecule has 0 fully saturated rings. The summed E-state index contributed by atoms with van der Waals surface area (Å²) in [6.07, 6.45) is 0. The lowest BCUT2D eigenvalue weighted by Crippen LogP contribution is -2.10. The van der Waals surface area contributed by atoms with Gasteiger partial charge in [-0.25, -0.2) is 0 Å². The first kappa shape index (κ1) is 8.47. The standard InChI is InChI=1S/C7H10NO2P/c1-6-2-4-7(5-3-6)11(8,9)10/h2-5H,1H3,(H3,8,9,10). The predicted molar refractivity (Wildman–Crippen MR) is 44.8 cm³/mol. The lowest BCUT2D eigenvalue weighted by atomic mass is 10.2. The molecule has 60 valence electrons. The Kier molecular flexibility index (Phi) is 2.14. The SMILES string of the molecule is Cc1ccc(P(N)(=O)O)cc1. The maximum absolute atomic E-state index is 10.9. The topological polar surface area (TPSA) is 63.3 Å². The van der Waals surface area contributed by atoms with E-state index >= 15 is 0 Å². The molecule has 3 nitrogen and oxygen atoms in total. The molecule has 1 aromatic carbocycles. The summed E-state index contributed by atoms with van der Waals surface area (Å²) in [6.45, 7) is 1.91. The number of hydrogen-bond acceptors (Lipinski definition) is 1. The lowest BCUT2D eigenvalue weighted by molar-refractivity contribution is 0.491. The molecule has 0 heterocycles. The van der Waals surface area contributed by atoms with Crippen molar-refractivity contribution in [2.45, 2.75) is 6.92 Å². The summed E-state index contributed by atoms with van der Waals surface area (Å²) >= 11 is 0. The molecular formula is C7H10NO2P. The zero-order valence-corrected chi connectivity index (χ0v) is 7.08. The van der Waals surface area contributed by atoms with Gasteiger partial charge in [0.1, 0.15) is 0 Å². The highest BCUT2D eigenvalue weighted by Crippen LogP contribution is 2.27. The Morgan fingerprint density at radius 2 is 1.82 bits per heavy atom. The molecule has 3 N–H and O–H groups in total. The number of hydrogen-bond donors (Lipinski definition) is 2. The maximum atomic E-state index is 10.9. The minimum atomic E-state index is -3.54. The van der Waals surface area contributed by atoms with Gasteiger partial charge in [-0.3, -0.25) is 10.1 Å². The Labute approximate surface area is 65.4 Å². The first-order chi connectivity index (χ1) is 5.00. The van der Waals surface area contributed by atoms with E-state index in [1.807, 2.05) is 6.92 Å². The van der Waals surface area contributed by atoms with Gasteiger partial charge in [-0.15, -0.1) is 0 Å². The zero-order valence-electron chi connectivity index (χ0n) is 6.19. The van der Waals surface area contributed by atoms with Crippen LogP contribution in [0.1, 0.15) is 5.56 Å². The second-order valence-electron chi connectivity index (χ2n) is 2.46. The van der Waals surface area contributed by atoms with Crippen LogP contribution in [0.2, 0.25) is 0 Å². The second kappa shape index (κ2) is 2.78. The summed E-state index contributed by atoms with van der Waals surface area (Å²) in [5, 5.41) is 0.295. The van der Waals surface area contributed by atoms with Crippen LogP contribution in [-0.4, -0.2) is 4.89 Å². The van der Waals surface area contributed by atoms with Crippen LogP contribution in [0.3, 0.4) is 0 Å². The van der Waals surface area contributed by atoms with Crippen LogP contribution in [0.15, 0.2) is 24.3 Å². The third-order valence-electron chi connectivity index (χ3n) is 1.40. The van der Waals surface area contributed by atoms with Gasteiger partial charge in [0.15, 0.2) is 0 Å². The highest BCUT2D eigenvalue weighted by atomic mass is 31.2. The summed E-state index contributed by atoms with van der Waals surface area (Å²) in [7, 11) is -3.54. The van der Waals surface area contributed by atoms with Gasteiger partial charge in [-0.1, -0.05) is 17.7 Å². The van der Waals surface area contributed by atoms with Crippen LogP contribution in [-0.2, 0) is 4.57 Å². The molecule has 0 aliphatic carbocycles. The molecule has 0 aliphatic rings. The van der Waals surface area contributed by atoms with Crippen molar-refractivity contribution in [2.75, 3.05) is 0 Å². The molecule has 0 saturated carbocycles. The van der Waals surface area contributed by atoms with Crippen LogP contribution >= 0.6 is 7.52 Å². The summed E-state index contributed by atoms with van der Waals surface area (Å²) in [4.78, 5) is 8.91. The van der Waals surface area contributed by atoms with Gasteiger partial charge in [-0.2, -0.15) is 0 Å². The highest BCUT2D eigenvalue weighted by Gasteiger charge is 2.12. The van der Waals surface area contributed by atoms with E-state index < -0.39 is 7.52 Å². The molecular weight excluding hydrogens is 161 g/mol. The zero-order chi connectivity index (χ0) is 8.48. The molecule has 0 aliphatic heterocycles. The molecule has 4 heteroatoms. The fourth-order valence-corrected chi connectivity index (χ4v) is 1.33. The number of rotatable bonds is 1. The van der Waals surface area contributed by atoms with Crippen molar-refractivity contribution in [3.8, 4) is 0 Å². The van der Waals surface area contributed by atoms with Crippen molar-refractivity contribution in [1.29, 1.82) is 0 Å². The quantitative estimate of drug-likeness (QED) is 0.613. The van der Waals surface area contributed by atoms with Crippen molar-refractivity contribution in [3.63, 3.8) is 0 Å². The van der Waals surface area contributed by atoms with Crippen LogP contribution < -0.4 is 10.8 Å². The maximum Gasteiger partial charge on any atom is 0.294 e. The molecule has 0 radical (unpaired) electrons. The first-order valence-electron chi connectivity index (χ1n) is 3.19. The average molecular weight is 171 g/mol. The Balaban J connectivity index is 3.09. The van der Waals surface area contributed by atoms with Crippen LogP contribution in [0.4, 0.5) is 0 Å². The molecule has 1 rings (SSSR count). The third-order valence-corrected chi connectivity index (χ3v) is 2.44. The van der Waals surface area contributed by atoms with Crippen LogP contribution in [0.5, 0.6) is 0 Å². The third kappa shape index (κ3) is 2.15. The summed E-state index contributed by atoms with van der Waals surface area (Å²) in [5.74, 6) is 0.